The Balaban J connectivity index is 1.59. The number of anilines is 2. The lowest BCUT2D eigenvalue weighted by Crippen LogP contribution is -2.51. The lowest BCUT2D eigenvalue weighted by molar-refractivity contribution is -0.131. The first-order valence-electron chi connectivity index (χ1n) is 10.1. The van der Waals surface area contributed by atoms with Gasteiger partial charge < -0.3 is 19.4 Å². The third-order valence-corrected chi connectivity index (χ3v) is 5.40. The highest BCUT2D eigenvalue weighted by Crippen LogP contribution is 2.21. The molecule has 0 radical (unpaired) electrons. The number of methoxy groups -OCH3 is 1. The summed E-state index contributed by atoms with van der Waals surface area (Å²) in [5.41, 5.74) is 3.09. The van der Waals surface area contributed by atoms with Gasteiger partial charge in [0.1, 0.15) is 12.3 Å². The summed E-state index contributed by atoms with van der Waals surface area (Å²) in [6, 6.07) is 15.8. The van der Waals surface area contributed by atoms with E-state index in [9.17, 15) is 9.59 Å². The summed E-state index contributed by atoms with van der Waals surface area (Å²) < 4.78 is 5.21. The molecule has 2 aromatic carbocycles. The molecule has 1 heterocycles. The van der Waals surface area contributed by atoms with Crippen molar-refractivity contribution in [3.05, 3.63) is 54.1 Å². The highest BCUT2D eigenvalue weighted by Gasteiger charge is 2.24. The van der Waals surface area contributed by atoms with Crippen molar-refractivity contribution < 1.29 is 14.3 Å². The quantitative estimate of drug-likeness (QED) is 0.755. The molecular weight excluding hydrogens is 366 g/mol. The topological polar surface area (TPSA) is 53.1 Å². The molecule has 6 nitrogen and oxygen atoms in total. The van der Waals surface area contributed by atoms with Gasteiger partial charge in [-0.3, -0.25) is 9.59 Å². The van der Waals surface area contributed by atoms with Gasteiger partial charge in [-0.1, -0.05) is 19.1 Å². The summed E-state index contributed by atoms with van der Waals surface area (Å²) in [7, 11) is 1.65. The molecule has 0 unspecified atom stereocenters. The molecule has 2 amide bonds. The molecule has 2 aromatic rings. The summed E-state index contributed by atoms with van der Waals surface area (Å²) in [6.07, 6.45) is 0.942. The average Bonchev–Trinajstić information content (AvgIpc) is 2.77. The first-order chi connectivity index (χ1) is 14.0. The molecule has 0 aromatic heterocycles. The number of aryl methyl sites for hydroxylation is 1. The smallest absolute Gasteiger partial charge is 0.242 e. The van der Waals surface area contributed by atoms with Crippen LogP contribution in [0.15, 0.2) is 48.5 Å². The van der Waals surface area contributed by atoms with E-state index in [1.165, 1.54) is 12.5 Å². The van der Waals surface area contributed by atoms with Crippen molar-refractivity contribution >= 4 is 23.2 Å². The summed E-state index contributed by atoms with van der Waals surface area (Å²) >= 11 is 0. The maximum Gasteiger partial charge on any atom is 0.242 e. The first-order valence-corrected chi connectivity index (χ1v) is 10.1. The molecule has 154 valence electrons. The van der Waals surface area contributed by atoms with E-state index in [1.54, 1.807) is 12.0 Å². The second-order valence-electron chi connectivity index (χ2n) is 7.19. The Kier molecular flexibility index (Phi) is 6.75. The van der Waals surface area contributed by atoms with Crippen molar-refractivity contribution in [2.75, 3.05) is 49.6 Å². The molecule has 0 spiro atoms. The fraction of sp³-hybridized carbons (Fsp3) is 0.391. The third kappa shape index (κ3) is 5.08. The van der Waals surface area contributed by atoms with Crippen molar-refractivity contribution in [3.8, 4) is 5.75 Å². The van der Waals surface area contributed by atoms with Crippen LogP contribution in [-0.4, -0.2) is 56.5 Å². The molecular formula is C23H29N3O3. The molecule has 0 aliphatic carbocycles. The Bertz CT molecular complexity index is 825. The van der Waals surface area contributed by atoms with Gasteiger partial charge >= 0.3 is 0 Å². The number of piperazine rings is 1. The SMILES string of the molecule is CCc1ccc(N(CC(=O)N2CCN(c3ccc(OC)cc3)CC2)C(C)=O)cc1. The molecule has 0 N–H and O–H groups in total. The van der Waals surface area contributed by atoms with Crippen LogP contribution in [0.2, 0.25) is 0 Å². The van der Waals surface area contributed by atoms with E-state index < -0.39 is 0 Å². The molecule has 1 aliphatic rings. The summed E-state index contributed by atoms with van der Waals surface area (Å²) in [5.74, 6) is 0.687. The van der Waals surface area contributed by atoms with E-state index >= 15 is 0 Å². The lowest BCUT2D eigenvalue weighted by atomic mass is 10.1. The summed E-state index contributed by atoms with van der Waals surface area (Å²) in [4.78, 5) is 30.6. The minimum absolute atomic E-state index is 0.0193. The molecule has 3 rings (SSSR count). The second kappa shape index (κ2) is 9.45. The number of carbonyl (C=O) groups is 2. The van der Waals surface area contributed by atoms with Crippen molar-refractivity contribution in [1.82, 2.24) is 4.90 Å². The van der Waals surface area contributed by atoms with Crippen LogP contribution in [0, 0.1) is 0 Å². The molecule has 1 saturated heterocycles. The minimum atomic E-state index is -0.125. The predicted molar refractivity (Wildman–Crippen MR) is 116 cm³/mol. The van der Waals surface area contributed by atoms with Crippen molar-refractivity contribution in [2.45, 2.75) is 20.3 Å². The Morgan fingerprint density at radius 1 is 0.966 bits per heavy atom. The number of carbonyl (C=O) groups excluding carboxylic acids is 2. The zero-order valence-corrected chi connectivity index (χ0v) is 17.4. The van der Waals surface area contributed by atoms with Crippen molar-refractivity contribution in [2.24, 2.45) is 0 Å². The molecule has 1 fully saturated rings. The van der Waals surface area contributed by atoms with E-state index in [-0.39, 0.29) is 18.4 Å². The van der Waals surface area contributed by atoms with Gasteiger partial charge in [-0.05, 0) is 48.4 Å². The van der Waals surface area contributed by atoms with Gasteiger partial charge in [0.25, 0.3) is 0 Å². The number of rotatable bonds is 6. The van der Waals surface area contributed by atoms with Gasteiger partial charge in [0.2, 0.25) is 11.8 Å². The van der Waals surface area contributed by atoms with Crippen LogP contribution >= 0.6 is 0 Å². The highest BCUT2D eigenvalue weighted by atomic mass is 16.5. The van der Waals surface area contributed by atoms with E-state index in [4.69, 9.17) is 4.74 Å². The van der Waals surface area contributed by atoms with Crippen molar-refractivity contribution in [1.29, 1.82) is 0 Å². The molecule has 1 aliphatic heterocycles. The highest BCUT2D eigenvalue weighted by molar-refractivity contribution is 5.97. The zero-order valence-electron chi connectivity index (χ0n) is 17.4. The van der Waals surface area contributed by atoms with Crippen molar-refractivity contribution in [3.63, 3.8) is 0 Å². The van der Waals surface area contributed by atoms with E-state index in [0.717, 1.165) is 36.6 Å². The summed E-state index contributed by atoms with van der Waals surface area (Å²) in [5, 5.41) is 0. The van der Waals surface area contributed by atoms with Crippen LogP contribution < -0.4 is 14.5 Å². The van der Waals surface area contributed by atoms with Crippen LogP contribution in [0.5, 0.6) is 5.75 Å². The van der Waals surface area contributed by atoms with Crippen LogP contribution in [0.1, 0.15) is 19.4 Å². The lowest BCUT2D eigenvalue weighted by Gasteiger charge is -2.37. The van der Waals surface area contributed by atoms with Crippen LogP contribution in [-0.2, 0) is 16.0 Å². The average molecular weight is 396 g/mol. The molecule has 6 heteroatoms. The number of nitrogens with zero attached hydrogens (tertiary/aromatic N) is 3. The maximum atomic E-state index is 12.8. The fourth-order valence-corrected chi connectivity index (χ4v) is 3.54. The number of hydrogen-bond acceptors (Lipinski definition) is 4. The fourth-order valence-electron chi connectivity index (χ4n) is 3.54. The number of ether oxygens (including phenoxy) is 1. The van der Waals surface area contributed by atoms with E-state index in [2.05, 4.69) is 11.8 Å². The summed E-state index contributed by atoms with van der Waals surface area (Å²) in [6.45, 7) is 6.49. The Hall–Kier alpha value is -3.02. The van der Waals surface area contributed by atoms with Gasteiger partial charge in [0.05, 0.1) is 7.11 Å². The third-order valence-electron chi connectivity index (χ3n) is 5.40. The minimum Gasteiger partial charge on any atom is -0.497 e. The molecule has 0 saturated carbocycles. The second-order valence-corrected chi connectivity index (χ2v) is 7.19. The van der Waals surface area contributed by atoms with Gasteiger partial charge in [0, 0.05) is 44.5 Å². The Labute approximate surface area is 172 Å². The first kappa shape index (κ1) is 20.7. The molecule has 0 atom stereocenters. The van der Waals surface area contributed by atoms with Crippen LogP contribution in [0.4, 0.5) is 11.4 Å². The normalized spacial score (nSPS) is 13.9. The van der Waals surface area contributed by atoms with Gasteiger partial charge in [-0.2, -0.15) is 0 Å². The standard InChI is InChI=1S/C23H29N3O3/c1-4-19-5-7-21(8-6-19)26(18(2)27)17-23(28)25-15-13-24(14-16-25)20-9-11-22(29-3)12-10-20/h5-12H,4,13-17H2,1-3H3. The maximum absolute atomic E-state index is 12.8. The number of hydrogen-bond donors (Lipinski definition) is 0. The number of amides is 2. The van der Waals surface area contributed by atoms with Gasteiger partial charge in [0.15, 0.2) is 0 Å². The van der Waals surface area contributed by atoms with Gasteiger partial charge in [-0.15, -0.1) is 0 Å². The molecule has 29 heavy (non-hydrogen) atoms. The zero-order chi connectivity index (χ0) is 20.8. The van der Waals surface area contributed by atoms with Crippen LogP contribution in [0.25, 0.3) is 0 Å². The largest absolute Gasteiger partial charge is 0.497 e. The van der Waals surface area contributed by atoms with E-state index in [0.29, 0.717) is 13.1 Å². The Morgan fingerprint density at radius 3 is 2.10 bits per heavy atom. The van der Waals surface area contributed by atoms with Gasteiger partial charge in [-0.25, -0.2) is 0 Å². The van der Waals surface area contributed by atoms with E-state index in [1.807, 2.05) is 53.4 Å². The number of benzene rings is 2. The Morgan fingerprint density at radius 2 is 1.59 bits per heavy atom. The molecule has 0 bridgehead atoms. The van der Waals surface area contributed by atoms with Crippen LogP contribution in [0.3, 0.4) is 0 Å². The monoisotopic (exact) mass is 395 g/mol. The predicted octanol–water partition coefficient (Wildman–Crippen LogP) is 2.96.